The number of para-hydroxylation sites is 2. The van der Waals surface area contributed by atoms with E-state index in [-0.39, 0.29) is 5.75 Å². The molecule has 0 aliphatic carbocycles. The molecular weight excluding hydrogens is 418 g/mol. The van der Waals surface area contributed by atoms with E-state index in [9.17, 15) is 8.42 Å². The lowest BCUT2D eigenvalue weighted by atomic mass is 10.3. The van der Waals surface area contributed by atoms with Crippen LogP contribution in [0.3, 0.4) is 0 Å². The molecule has 0 saturated heterocycles. The van der Waals surface area contributed by atoms with Crippen LogP contribution < -0.4 is 9.07 Å². The summed E-state index contributed by atoms with van der Waals surface area (Å²) in [7, 11) is -4.11. The van der Waals surface area contributed by atoms with Crippen molar-refractivity contribution >= 4 is 40.7 Å². The Hall–Kier alpha value is -2.99. The van der Waals surface area contributed by atoms with Gasteiger partial charge in [-0.15, -0.1) is 4.40 Å². The third kappa shape index (κ3) is 7.50. The van der Waals surface area contributed by atoms with Crippen LogP contribution in [0.4, 0.5) is 0 Å². The highest BCUT2D eigenvalue weighted by Crippen LogP contribution is 2.14. The van der Waals surface area contributed by atoms with Gasteiger partial charge in [0.15, 0.2) is 18.0 Å². The molecule has 0 amide bonds. The zero-order valence-corrected chi connectivity index (χ0v) is 16.5. The molecule has 11 heteroatoms. The first kappa shape index (κ1) is 20.7. The third-order valence-corrected chi connectivity index (χ3v) is 4.30. The van der Waals surface area contributed by atoms with E-state index in [2.05, 4.69) is 23.2 Å². The summed E-state index contributed by atoms with van der Waals surface area (Å²) >= 11 is 0.642. The lowest BCUT2D eigenvalue weighted by molar-refractivity contribution is -0.403. The molecule has 1 aliphatic rings. The Kier molecular flexibility index (Phi) is 7.53. The van der Waals surface area contributed by atoms with Gasteiger partial charge in [-0.2, -0.15) is 12.8 Å². The van der Waals surface area contributed by atoms with Gasteiger partial charge in [0.1, 0.15) is 5.75 Å². The number of benzene rings is 2. The average molecular weight is 433 g/mol. The summed E-state index contributed by atoms with van der Waals surface area (Å²) in [4.78, 5) is 9.04. The van der Waals surface area contributed by atoms with Gasteiger partial charge in [0, 0.05) is 11.5 Å². The molecule has 0 aromatic heterocycles. The number of allylic oxidation sites excluding steroid dienone is 2. The molecule has 1 heterocycles. The minimum absolute atomic E-state index is 0.180. The fraction of sp³-hybridized carbons (Fsp3) is 0.0556. The molecule has 0 unspecified atom stereocenters. The fourth-order valence-corrected chi connectivity index (χ4v) is 2.90. The fourth-order valence-electron chi connectivity index (χ4n) is 2.01. The lowest BCUT2D eigenvalue weighted by Crippen LogP contribution is -2.08. The van der Waals surface area contributed by atoms with Crippen molar-refractivity contribution in [1.82, 2.24) is 0 Å². The molecule has 0 N–H and O–H groups in total. The predicted octanol–water partition coefficient (Wildman–Crippen LogP) is 3.69. The standard InChI is InChI=1S/C18H15N3O6S2/c22-29(23,25-18-9-5-2-6-10-18)20-14-16-12-11-15(21-16)13-19-28-27-26-24-17-7-3-1-4-8-17/h1-11,13-14H,12H2/b19-13+,20-14+. The number of rotatable bonds is 10. The van der Waals surface area contributed by atoms with Crippen LogP contribution in [0.5, 0.6) is 11.5 Å². The van der Waals surface area contributed by atoms with Gasteiger partial charge in [-0.25, -0.2) is 0 Å². The summed E-state index contributed by atoms with van der Waals surface area (Å²) in [6, 6.07) is 16.9. The lowest BCUT2D eigenvalue weighted by Gasteiger charge is -2.01. The van der Waals surface area contributed by atoms with Crippen LogP contribution in [0.15, 0.2) is 86.2 Å². The van der Waals surface area contributed by atoms with Crippen molar-refractivity contribution in [3.63, 3.8) is 0 Å². The van der Waals surface area contributed by atoms with Gasteiger partial charge < -0.3 is 9.07 Å². The van der Waals surface area contributed by atoms with Gasteiger partial charge in [-0.3, -0.25) is 4.99 Å². The highest BCUT2D eigenvalue weighted by atomic mass is 32.2. The van der Waals surface area contributed by atoms with Gasteiger partial charge in [0.2, 0.25) is 0 Å². The first-order chi connectivity index (χ1) is 14.1. The van der Waals surface area contributed by atoms with Gasteiger partial charge in [-0.05, 0) is 24.3 Å². The molecule has 0 bridgehead atoms. The van der Waals surface area contributed by atoms with Crippen LogP contribution in [0.2, 0.25) is 0 Å². The molecule has 1 aliphatic heterocycles. The number of hydrogen-bond acceptors (Lipinski definition) is 9. The summed E-state index contributed by atoms with van der Waals surface area (Å²) < 4.78 is 40.6. The van der Waals surface area contributed by atoms with E-state index in [1.54, 1.807) is 48.5 Å². The van der Waals surface area contributed by atoms with Crippen molar-refractivity contribution in [2.24, 2.45) is 13.8 Å². The number of nitrogens with zero attached hydrogens (tertiary/aromatic N) is 3. The summed E-state index contributed by atoms with van der Waals surface area (Å²) in [5.41, 5.74) is 0.967. The van der Waals surface area contributed by atoms with Crippen molar-refractivity contribution < 1.29 is 26.9 Å². The monoisotopic (exact) mass is 433 g/mol. The molecule has 0 radical (unpaired) electrons. The third-order valence-electron chi connectivity index (χ3n) is 3.23. The van der Waals surface area contributed by atoms with Crippen LogP contribution in [-0.4, -0.2) is 26.6 Å². The maximum absolute atomic E-state index is 11.8. The molecule has 0 fully saturated rings. The predicted molar refractivity (Wildman–Crippen MR) is 110 cm³/mol. The summed E-state index contributed by atoms with van der Waals surface area (Å²) in [5, 5.41) is 4.52. The van der Waals surface area contributed by atoms with Gasteiger partial charge in [0.05, 0.1) is 23.8 Å². The average Bonchev–Trinajstić information content (AvgIpc) is 3.18. The molecule has 2 aromatic rings. The SMILES string of the molecule is O=S(=O)(/N=C/C1=NC(/C=N/SOOOc2ccccc2)=CC1)Oc1ccccc1. The normalized spacial score (nSPS) is 14.2. The van der Waals surface area contributed by atoms with E-state index in [1.807, 2.05) is 6.07 Å². The van der Waals surface area contributed by atoms with Crippen molar-refractivity contribution in [3.05, 3.63) is 72.4 Å². The number of aliphatic imine (C=N–C) groups is 1. The summed E-state index contributed by atoms with van der Waals surface area (Å²) in [6.45, 7) is 0. The molecule has 9 nitrogen and oxygen atoms in total. The maximum atomic E-state index is 11.8. The first-order valence-corrected chi connectivity index (χ1v) is 10.2. The Balaban J connectivity index is 1.41. The molecule has 29 heavy (non-hydrogen) atoms. The van der Waals surface area contributed by atoms with E-state index >= 15 is 0 Å². The van der Waals surface area contributed by atoms with E-state index in [4.69, 9.17) is 9.07 Å². The van der Waals surface area contributed by atoms with Crippen molar-refractivity contribution in [3.8, 4) is 11.5 Å². The van der Waals surface area contributed by atoms with Crippen LogP contribution in [-0.2, 0) is 19.7 Å². The Morgan fingerprint density at radius 3 is 2.38 bits per heavy atom. The molecule has 0 atom stereocenters. The second-order valence-electron chi connectivity index (χ2n) is 5.34. The minimum atomic E-state index is -4.11. The molecule has 150 valence electrons. The van der Waals surface area contributed by atoms with Gasteiger partial charge >= 0.3 is 10.3 Å². The molecule has 0 spiro atoms. The topological polar surface area (TPSA) is 108 Å². The zero-order valence-electron chi connectivity index (χ0n) is 14.8. The van der Waals surface area contributed by atoms with E-state index < -0.39 is 10.3 Å². The van der Waals surface area contributed by atoms with Crippen LogP contribution in [0, 0.1) is 0 Å². The molecule has 3 rings (SSSR count). The number of hydrogen-bond donors (Lipinski definition) is 0. The quantitative estimate of drug-likeness (QED) is 0.140. The highest BCUT2D eigenvalue weighted by molar-refractivity contribution is 7.93. The van der Waals surface area contributed by atoms with Crippen LogP contribution in [0.1, 0.15) is 6.42 Å². The second-order valence-corrected chi connectivity index (χ2v) is 7.07. The van der Waals surface area contributed by atoms with Crippen molar-refractivity contribution in [1.29, 1.82) is 0 Å². The second kappa shape index (κ2) is 10.5. The highest BCUT2D eigenvalue weighted by Gasteiger charge is 2.11. The van der Waals surface area contributed by atoms with Gasteiger partial charge in [-0.1, -0.05) is 46.8 Å². The van der Waals surface area contributed by atoms with Crippen LogP contribution in [0.25, 0.3) is 0 Å². The Bertz CT molecular complexity index is 1020. The van der Waals surface area contributed by atoms with Gasteiger partial charge in [0.25, 0.3) is 0 Å². The van der Waals surface area contributed by atoms with E-state index in [0.717, 1.165) is 6.21 Å². The van der Waals surface area contributed by atoms with E-state index in [0.29, 0.717) is 35.8 Å². The van der Waals surface area contributed by atoms with Crippen LogP contribution >= 0.6 is 12.2 Å². The smallest absolute Gasteiger partial charge is 0.366 e. The van der Waals surface area contributed by atoms with Crippen molar-refractivity contribution in [2.45, 2.75) is 6.42 Å². The van der Waals surface area contributed by atoms with E-state index in [1.165, 1.54) is 18.3 Å². The maximum Gasteiger partial charge on any atom is 0.428 e. The minimum Gasteiger partial charge on any atom is -0.366 e. The molecule has 0 saturated carbocycles. The summed E-state index contributed by atoms with van der Waals surface area (Å²) in [6.07, 6.45) is 4.71. The first-order valence-electron chi connectivity index (χ1n) is 8.19. The Morgan fingerprint density at radius 2 is 1.66 bits per heavy atom. The molecule has 2 aromatic carbocycles. The zero-order chi connectivity index (χ0) is 20.4. The Labute approximate surface area is 171 Å². The Morgan fingerprint density at radius 1 is 0.966 bits per heavy atom. The largest absolute Gasteiger partial charge is 0.428 e. The molecular formula is C18H15N3O6S2. The van der Waals surface area contributed by atoms with Crippen molar-refractivity contribution in [2.75, 3.05) is 0 Å². The summed E-state index contributed by atoms with van der Waals surface area (Å²) in [5.74, 6) is 0.662.